The molecule has 1 aliphatic heterocycles. The first-order chi connectivity index (χ1) is 15.3. The number of hydrazone groups is 1. The minimum atomic E-state index is -4.45. The molecular formula is C24H20ClF3N2O2. The average Bonchev–Trinajstić information content (AvgIpc) is 3.24. The van der Waals surface area contributed by atoms with Gasteiger partial charge in [-0.1, -0.05) is 29.8 Å². The Labute approximate surface area is 188 Å². The Bertz CT molecular complexity index is 1150. The zero-order valence-electron chi connectivity index (χ0n) is 17.4. The first-order valence-corrected chi connectivity index (χ1v) is 10.2. The Hall–Kier alpha value is -3.19. The van der Waals surface area contributed by atoms with E-state index >= 15 is 0 Å². The quantitative estimate of drug-likeness (QED) is 0.423. The van der Waals surface area contributed by atoms with Gasteiger partial charge < -0.3 is 9.47 Å². The van der Waals surface area contributed by atoms with Crippen LogP contribution in [0.4, 0.5) is 18.9 Å². The van der Waals surface area contributed by atoms with Crippen LogP contribution >= 0.6 is 11.6 Å². The smallest absolute Gasteiger partial charge is 0.416 e. The summed E-state index contributed by atoms with van der Waals surface area (Å²) in [6.45, 7) is 0. The fourth-order valence-corrected chi connectivity index (χ4v) is 3.85. The van der Waals surface area contributed by atoms with E-state index in [2.05, 4.69) is 0 Å². The fourth-order valence-electron chi connectivity index (χ4n) is 3.73. The van der Waals surface area contributed by atoms with Gasteiger partial charge >= 0.3 is 6.18 Å². The van der Waals surface area contributed by atoms with E-state index in [9.17, 15) is 13.2 Å². The van der Waals surface area contributed by atoms with Gasteiger partial charge in [-0.3, -0.25) is 5.01 Å². The Balaban J connectivity index is 1.81. The van der Waals surface area contributed by atoms with Crippen LogP contribution in [0.15, 0.2) is 71.8 Å². The van der Waals surface area contributed by atoms with Gasteiger partial charge in [0.05, 0.1) is 37.2 Å². The number of rotatable bonds is 5. The third kappa shape index (κ3) is 4.39. The van der Waals surface area contributed by atoms with Gasteiger partial charge in [0.25, 0.3) is 0 Å². The minimum Gasteiger partial charge on any atom is -0.497 e. The fraction of sp³-hybridized carbons (Fsp3) is 0.208. The second-order valence-corrected chi connectivity index (χ2v) is 7.71. The molecule has 0 fully saturated rings. The summed E-state index contributed by atoms with van der Waals surface area (Å²) in [4.78, 5) is 0. The van der Waals surface area contributed by atoms with Gasteiger partial charge in [0.2, 0.25) is 0 Å². The van der Waals surface area contributed by atoms with E-state index < -0.39 is 11.7 Å². The van der Waals surface area contributed by atoms with Crippen LogP contribution in [0.25, 0.3) is 0 Å². The first kappa shape index (κ1) is 22.0. The van der Waals surface area contributed by atoms with Crippen LogP contribution in [0.3, 0.4) is 0 Å². The molecule has 4 rings (SSSR count). The lowest BCUT2D eigenvalue weighted by atomic mass is 9.97. The molecule has 4 nitrogen and oxygen atoms in total. The number of alkyl halides is 3. The van der Waals surface area contributed by atoms with E-state index in [0.717, 1.165) is 29.0 Å². The van der Waals surface area contributed by atoms with Crippen molar-refractivity contribution in [3.05, 3.63) is 88.4 Å². The van der Waals surface area contributed by atoms with E-state index in [1.807, 2.05) is 18.2 Å². The number of methoxy groups -OCH3 is 2. The molecule has 0 spiro atoms. The zero-order chi connectivity index (χ0) is 22.9. The predicted molar refractivity (Wildman–Crippen MR) is 119 cm³/mol. The lowest BCUT2D eigenvalue weighted by Gasteiger charge is -2.26. The molecule has 0 bridgehead atoms. The molecule has 32 heavy (non-hydrogen) atoms. The molecule has 0 radical (unpaired) electrons. The van der Waals surface area contributed by atoms with Gasteiger partial charge in [-0.05, 0) is 48.0 Å². The summed E-state index contributed by atoms with van der Waals surface area (Å²) in [5, 5.41) is 6.92. The van der Waals surface area contributed by atoms with Crippen molar-refractivity contribution in [2.75, 3.05) is 19.2 Å². The van der Waals surface area contributed by atoms with E-state index in [1.54, 1.807) is 49.6 Å². The lowest BCUT2D eigenvalue weighted by molar-refractivity contribution is -0.137. The van der Waals surface area contributed by atoms with Gasteiger partial charge in [0.15, 0.2) is 0 Å². The van der Waals surface area contributed by atoms with Crippen LogP contribution in [-0.4, -0.2) is 19.9 Å². The second kappa shape index (κ2) is 8.74. The predicted octanol–water partition coefficient (Wildman–Crippen LogP) is 6.73. The van der Waals surface area contributed by atoms with E-state index in [-0.39, 0.29) is 6.04 Å². The van der Waals surface area contributed by atoms with Crippen molar-refractivity contribution in [2.24, 2.45) is 5.10 Å². The monoisotopic (exact) mass is 460 g/mol. The van der Waals surface area contributed by atoms with Crippen LogP contribution in [0.5, 0.6) is 11.5 Å². The molecule has 8 heteroatoms. The third-order valence-electron chi connectivity index (χ3n) is 5.33. The molecule has 1 heterocycles. The van der Waals surface area contributed by atoms with E-state index in [0.29, 0.717) is 28.6 Å². The summed E-state index contributed by atoms with van der Waals surface area (Å²) in [6, 6.07) is 17.4. The molecule has 3 aromatic rings. The summed E-state index contributed by atoms with van der Waals surface area (Å²) in [6.07, 6.45) is -3.98. The van der Waals surface area contributed by atoms with Crippen molar-refractivity contribution >= 4 is 23.0 Å². The Kier molecular flexibility index (Phi) is 6.02. The van der Waals surface area contributed by atoms with Gasteiger partial charge in [-0.2, -0.15) is 18.3 Å². The van der Waals surface area contributed by atoms with Crippen molar-refractivity contribution in [1.29, 1.82) is 0 Å². The van der Waals surface area contributed by atoms with E-state index in [1.165, 1.54) is 6.07 Å². The molecule has 0 aromatic heterocycles. The van der Waals surface area contributed by atoms with Crippen LogP contribution in [0.2, 0.25) is 5.02 Å². The van der Waals surface area contributed by atoms with Gasteiger partial charge in [0.1, 0.15) is 11.5 Å². The highest BCUT2D eigenvalue weighted by atomic mass is 35.5. The summed E-state index contributed by atoms with van der Waals surface area (Å²) in [5.41, 5.74) is 1.99. The number of ether oxygens (including phenoxy) is 2. The van der Waals surface area contributed by atoms with Crippen LogP contribution in [0.1, 0.15) is 29.2 Å². The maximum Gasteiger partial charge on any atom is 0.416 e. The van der Waals surface area contributed by atoms with Crippen molar-refractivity contribution in [2.45, 2.75) is 18.6 Å². The van der Waals surface area contributed by atoms with Gasteiger partial charge in [-0.25, -0.2) is 0 Å². The molecule has 1 aliphatic rings. The van der Waals surface area contributed by atoms with Crippen LogP contribution in [0, 0.1) is 0 Å². The summed E-state index contributed by atoms with van der Waals surface area (Å²) < 4.78 is 50.9. The molecule has 0 amide bonds. The number of nitrogens with zero attached hydrogens (tertiary/aromatic N) is 2. The molecule has 0 unspecified atom stereocenters. The number of hydrogen-bond donors (Lipinski definition) is 0. The SMILES string of the molecule is COc1ccc([C@@H]2CC(c3ccc(Cl)cc3)=NN2c2cccc(C(F)(F)F)c2)c(OC)c1. The molecule has 0 saturated heterocycles. The van der Waals surface area contributed by atoms with E-state index in [4.69, 9.17) is 26.2 Å². The zero-order valence-corrected chi connectivity index (χ0v) is 18.1. The highest BCUT2D eigenvalue weighted by molar-refractivity contribution is 6.30. The summed E-state index contributed by atoms with van der Waals surface area (Å²) >= 11 is 6.01. The number of benzene rings is 3. The van der Waals surface area contributed by atoms with Crippen LogP contribution < -0.4 is 14.5 Å². The maximum atomic E-state index is 13.4. The van der Waals surface area contributed by atoms with Crippen molar-refractivity contribution in [3.8, 4) is 11.5 Å². The van der Waals surface area contributed by atoms with Gasteiger partial charge in [0, 0.05) is 23.1 Å². The largest absolute Gasteiger partial charge is 0.497 e. The Morgan fingerprint density at radius 1 is 0.969 bits per heavy atom. The Morgan fingerprint density at radius 3 is 2.38 bits per heavy atom. The van der Waals surface area contributed by atoms with Crippen molar-refractivity contribution < 1.29 is 22.6 Å². The molecular weight excluding hydrogens is 441 g/mol. The summed E-state index contributed by atoms with van der Waals surface area (Å²) in [7, 11) is 3.10. The molecule has 0 aliphatic carbocycles. The average molecular weight is 461 g/mol. The lowest BCUT2D eigenvalue weighted by Crippen LogP contribution is -2.20. The number of hydrogen-bond acceptors (Lipinski definition) is 4. The normalized spacial score (nSPS) is 16.1. The maximum absolute atomic E-state index is 13.4. The topological polar surface area (TPSA) is 34.1 Å². The highest BCUT2D eigenvalue weighted by Crippen LogP contribution is 2.42. The second-order valence-electron chi connectivity index (χ2n) is 7.27. The first-order valence-electron chi connectivity index (χ1n) is 9.82. The standard InChI is InChI=1S/C24H20ClF3N2O2/c1-31-19-10-11-20(23(13-19)32-2)22-14-21(15-6-8-17(25)9-7-15)29-30(22)18-5-3-4-16(12-18)24(26,27)28/h3-13,22H,14H2,1-2H3/t22-/m0/s1. The molecule has 1 atom stereocenters. The van der Waals surface area contributed by atoms with Crippen molar-refractivity contribution in [3.63, 3.8) is 0 Å². The van der Waals surface area contributed by atoms with Crippen LogP contribution in [-0.2, 0) is 6.18 Å². The highest BCUT2D eigenvalue weighted by Gasteiger charge is 2.35. The third-order valence-corrected chi connectivity index (χ3v) is 5.58. The Morgan fingerprint density at radius 2 is 1.72 bits per heavy atom. The van der Waals surface area contributed by atoms with Gasteiger partial charge in [-0.15, -0.1) is 0 Å². The minimum absolute atomic E-state index is 0.339. The summed E-state index contributed by atoms with van der Waals surface area (Å²) in [5.74, 6) is 1.19. The number of halogens is 4. The molecule has 0 N–H and O–H groups in total. The number of anilines is 1. The molecule has 0 saturated carbocycles. The van der Waals surface area contributed by atoms with Crippen molar-refractivity contribution in [1.82, 2.24) is 0 Å². The molecule has 166 valence electrons. The molecule has 3 aromatic carbocycles.